The zero-order chi connectivity index (χ0) is 37.5. The van der Waals surface area contributed by atoms with Gasteiger partial charge in [-0.3, -0.25) is 0 Å². The standard InChI is InChI=1S/C67H36O/c1-68-31-5-12-18-23-27-29-26-21-16-9-3-7-14-13-6-2-8-15-20-24-28-25-22-17-10-4-11-19-30(31)53-35(12,31)42(18)46(23)50(27)52(29)49(26)44(21)39(16)33(7,9)37(14)36(13)32(6,8)38(15)43(20)47(24)51(28)48(25)45(22)40(17)34(10,11)41(19,53)56(40)57(42,53)61(46)60(45,56)64(48)65(50,61)67(52)63(49)59(44)55(37,39)54(36,38)58(43,59)62(47,63)66(51,64)67/h6-30H,2-5H2,1H3. The topological polar surface area (TPSA) is 9.23 Å². The van der Waals surface area contributed by atoms with Gasteiger partial charge >= 0.3 is 0 Å². The van der Waals surface area contributed by atoms with E-state index >= 15 is 0 Å². The molecular weight excluding hydrogens is 821 g/mol. The summed E-state index contributed by atoms with van der Waals surface area (Å²) in [6.45, 7) is 0. The van der Waals surface area contributed by atoms with Gasteiger partial charge in [-0.25, -0.2) is 0 Å². The summed E-state index contributed by atoms with van der Waals surface area (Å²) in [4.78, 5) is 0. The van der Waals surface area contributed by atoms with Crippen LogP contribution in [0.5, 0.6) is 0 Å². The third-order valence-corrected chi connectivity index (χ3v) is 60.2. The van der Waals surface area contributed by atoms with Gasteiger partial charge in [0, 0.05) is 12.5 Å². The summed E-state index contributed by atoms with van der Waals surface area (Å²) in [5, 5.41) is 0. The second kappa shape index (κ2) is 3.20. The zero-order valence-electron chi connectivity index (χ0n) is 37.2. The van der Waals surface area contributed by atoms with E-state index in [1.165, 1.54) is 142 Å². The van der Waals surface area contributed by atoms with Gasteiger partial charge in [0.05, 0.1) is 5.60 Å². The van der Waals surface area contributed by atoms with Crippen LogP contribution in [0.4, 0.5) is 0 Å². The minimum Gasteiger partial charge on any atom is -0.377 e. The van der Waals surface area contributed by atoms with E-state index in [4.69, 9.17) is 4.74 Å². The molecule has 50 fully saturated rings. The normalized spacial score (nSPS) is 146. The van der Waals surface area contributed by atoms with Crippen molar-refractivity contribution < 1.29 is 4.74 Å². The Morgan fingerprint density at radius 3 is 0.868 bits per heavy atom. The van der Waals surface area contributed by atoms with Gasteiger partial charge < -0.3 is 4.74 Å². The molecule has 0 radical (unpaired) electrons. The van der Waals surface area contributed by atoms with E-state index < -0.39 is 0 Å². The molecule has 0 aromatic heterocycles. The molecule has 0 heterocycles. The van der Waals surface area contributed by atoms with Gasteiger partial charge in [0.15, 0.2) is 0 Å². The van der Waals surface area contributed by atoms with Gasteiger partial charge in [0.1, 0.15) is 0 Å². The molecule has 36 spiro atoms. The highest BCUT2D eigenvalue weighted by atomic mass is 16.5. The second-order valence-corrected chi connectivity index (χ2v) is 44.1. The molecule has 50 saturated carbocycles. The Kier molecular flexibility index (Phi) is 1.05. The second-order valence-electron chi connectivity index (χ2n) is 44.1. The van der Waals surface area contributed by atoms with Crippen LogP contribution < -0.4 is 0 Å². The van der Waals surface area contributed by atoms with Crippen LogP contribution in [0.25, 0.3) is 0 Å². The van der Waals surface area contributed by atoms with Crippen LogP contribution in [0.1, 0.15) is 25.7 Å². The Morgan fingerprint density at radius 2 is 0.485 bits per heavy atom. The van der Waals surface area contributed by atoms with Crippen molar-refractivity contribution in [1.29, 1.82) is 0 Å². The largest absolute Gasteiger partial charge is 0.377 e. The van der Waals surface area contributed by atoms with Crippen LogP contribution in [0.3, 0.4) is 0 Å². The molecule has 0 N–H and O–H groups in total. The number of fused-ring (bicyclic) bond motifs is 22. The smallest absolute Gasteiger partial charge is 0.0789 e. The molecule has 0 amide bonds. The molecule has 68 heavy (non-hydrogen) atoms. The highest BCUT2D eigenvalue weighted by molar-refractivity contribution is 6.22. The zero-order valence-corrected chi connectivity index (χ0v) is 37.2. The minimum absolute atomic E-state index is 0.456. The summed E-state index contributed by atoms with van der Waals surface area (Å²) in [6.07, 6.45) is 7.20. The van der Waals surface area contributed by atoms with Crippen LogP contribution in [-0.2, 0) is 4.74 Å². The first kappa shape index (κ1) is 22.3. The molecule has 0 bridgehead atoms. The summed E-state index contributed by atoms with van der Waals surface area (Å²) >= 11 is 0. The Labute approximate surface area is 384 Å². The highest BCUT2D eigenvalue weighted by Gasteiger charge is 3.78. The van der Waals surface area contributed by atoms with Crippen LogP contribution in [0.2, 0.25) is 0 Å². The summed E-state index contributed by atoms with van der Waals surface area (Å²) in [5.74, 6) is 34.3. The monoisotopic (exact) mass is 856 g/mol. The van der Waals surface area contributed by atoms with Gasteiger partial charge in [-0.15, -0.1) is 0 Å². The Morgan fingerprint density at radius 1 is 0.235 bits per heavy atom. The van der Waals surface area contributed by atoms with Crippen molar-refractivity contribution in [1.82, 2.24) is 0 Å². The summed E-state index contributed by atoms with van der Waals surface area (Å²) in [7, 11) is 2.41. The summed E-state index contributed by atoms with van der Waals surface area (Å²) in [6, 6.07) is 0. The third kappa shape index (κ3) is 0.435. The fourth-order valence-electron chi connectivity index (χ4n) is 78.3. The lowest BCUT2D eigenvalue weighted by molar-refractivity contribution is -1.30. The predicted octanol–water partition coefficient (Wildman–Crippen LogP) is 4.53. The van der Waals surface area contributed by atoms with Crippen molar-refractivity contribution in [2.45, 2.75) is 31.3 Å². The molecule has 1 nitrogen and oxygen atoms in total. The Balaban J connectivity index is 0.724. The molecule has 50 rings (SSSR count). The van der Waals surface area contributed by atoms with Gasteiger partial charge in [-0.2, -0.15) is 0 Å². The van der Waals surface area contributed by atoms with Crippen molar-refractivity contribution in [2.24, 2.45) is 343 Å². The van der Waals surface area contributed by atoms with E-state index in [9.17, 15) is 0 Å². The maximum absolute atomic E-state index is 7.62. The molecule has 1 heteroatoms. The SMILES string of the molecule is COC12CC3C4C5C6C7C8C9C%10C%11CC%12C%13C%14C%15CC%16C%17C%18C%19C%20C%21C%22C%23C%24CC%25C%26C1C1%27C32C42C53C64C75C86C97C%108C%12%11C%139C%14%10C%15%16C%17%11C%18%12C%19%13C%20%14C%21%15C%22%16C%23%17C%25%24C%261C%171C%272C32C%161C%151C42C52C63C74C98C%10%11C%124C%133C%1412. The number of hydrogen-bond acceptors (Lipinski definition) is 1. The summed E-state index contributed by atoms with van der Waals surface area (Å²) < 4.78 is 7.62. The quantitative estimate of drug-likeness (QED) is 0.378. The number of hydrogen-bond donors (Lipinski definition) is 0. The summed E-state index contributed by atoms with van der Waals surface area (Å²) in [5.41, 5.74) is 39.6. The van der Waals surface area contributed by atoms with Crippen molar-refractivity contribution in [3.05, 3.63) is 0 Å². The molecule has 0 aliphatic heterocycles. The first-order valence-corrected chi connectivity index (χ1v) is 33.3. The molecule has 0 aromatic carbocycles. The molecule has 0 saturated heterocycles. The van der Waals surface area contributed by atoms with E-state index in [-0.39, 0.29) is 0 Å². The molecule has 50 aliphatic carbocycles. The van der Waals surface area contributed by atoms with E-state index in [0.29, 0.717) is 5.60 Å². The number of ether oxygens (including phenoxy) is 1. The molecular formula is C67H36O. The lowest BCUT2D eigenvalue weighted by Gasteiger charge is -3.74. The van der Waals surface area contributed by atoms with Gasteiger partial charge in [-0.1, -0.05) is 0 Å². The number of rotatable bonds is 1. The van der Waals surface area contributed by atoms with Gasteiger partial charge in [-0.05, 0) is 363 Å². The maximum Gasteiger partial charge on any atom is 0.0789 e. The van der Waals surface area contributed by atoms with E-state index in [1.54, 1.807) is 6.42 Å². The molecule has 0 aromatic rings. The number of methoxy groups -OCH3 is 1. The molecule has 62 unspecified atom stereocenters. The predicted molar refractivity (Wildman–Crippen MR) is 203 cm³/mol. The van der Waals surface area contributed by atoms with Gasteiger partial charge in [0.2, 0.25) is 0 Å². The lowest BCUT2D eigenvalue weighted by atomic mass is 8.28. The van der Waals surface area contributed by atoms with Crippen molar-refractivity contribution >= 4 is 0 Å². The van der Waals surface area contributed by atoms with Crippen LogP contribution in [0, 0.1) is 343 Å². The third-order valence-electron chi connectivity index (χ3n) is 60.2. The first-order valence-electron chi connectivity index (χ1n) is 33.3. The van der Waals surface area contributed by atoms with Crippen molar-refractivity contribution in [3.8, 4) is 0 Å². The first-order chi connectivity index (χ1) is 33.8. The maximum atomic E-state index is 7.62. The van der Waals surface area contributed by atoms with Crippen molar-refractivity contribution in [2.75, 3.05) is 7.11 Å². The van der Waals surface area contributed by atoms with Crippen molar-refractivity contribution in [3.63, 3.8) is 0 Å². The van der Waals surface area contributed by atoms with Crippen LogP contribution in [-0.4, -0.2) is 12.7 Å². The average Bonchev–Trinajstić information content (AvgIpc) is 1.37. The van der Waals surface area contributed by atoms with Crippen LogP contribution >= 0.6 is 0 Å². The van der Waals surface area contributed by atoms with E-state index in [0.717, 1.165) is 201 Å². The Bertz CT molecular complexity index is 4980. The fraction of sp³-hybridized carbons (Fsp3) is 1.00. The molecule has 50 aliphatic rings. The lowest BCUT2D eigenvalue weighted by Crippen LogP contribution is -3.73. The van der Waals surface area contributed by atoms with E-state index in [1.807, 2.05) is 19.3 Å². The average molecular weight is 857 g/mol. The Hall–Kier alpha value is -0.0400. The van der Waals surface area contributed by atoms with E-state index in [2.05, 4.69) is 7.11 Å². The highest BCUT2D eigenvalue weighted by Crippen LogP contribution is 3.78. The molecule has 62 atom stereocenters. The minimum atomic E-state index is 0.456. The molecule has 310 valence electrons. The van der Waals surface area contributed by atoms with Crippen LogP contribution in [0.15, 0.2) is 0 Å². The fourth-order valence-corrected chi connectivity index (χ4v) is 78.3. The van der Waals surface area contributed by atoms with Gasteiger partial charge in [0.25, 0.3) is 0 Å².